The van der Waals surface area contributed by atoms with Crippen LogP contribution < -0.4 is 15.4 Å². The topological polar surface area (TPSA) is 53.6 Å². The first-order valence-electron chi connectivity index (χ1n) is 8.85. The summed E-state index contributed by atoms with van der Waals surface area (Å²) in [6.45, 7) is 6.66. The largest absolute Gasteiger partial charge is 0.491 e. The van der Waals surface area contributed by atoms with E-state index in [4.69, 9.17) is 17.0 Å². The predicted octanol–water partition coefficient (Wildman–Crippen LogP) is 3.76. The molecule has 0 aromatic heterocycles. The third-order valence-electron chi connectivity index (χ3n) is 4.15. The Balaban J connectivity index is 1.82. The van der Waals surface area contributed by atoms with E-state index in [9.17, 15) is 4.79 Å². The Bertz CT molecular complexity index is 804. The number of thiocarbonyl (C=S) groups is 1. The highest BCUT2D eigenvalue weighted by atomic mass is 32.1. The summed E-state index contributed by atoms with van der Waals surface area (Å²) < 4.78 is 5.83. The number of hydrogen-bond acceptors (Lipinski definition) is 3. The molecule has 1 amide bonds. The molecule has 2 aromatic carbocycles. The molecule has 1 atom stereocenters. The predicted molar refractivity (Wildman–Crippen MR) is 115 cm³/mol. The van der Waals surface area contributed by atoms with Gasteiger partial charge >= 0.3 is 0 Å². The zero-order chi connectivity index (χ0) is 20.0. The summed E-state index contributed by atoms with van der Waals surface area (Å²) in [5.41, 5.74) is 3.92. The molecule has 0 radical (unpaired) electrons. The quantitative estimate of drug-likeness (QED) is 0.742. The van der Waals surface area contributed by atoms with Crippen LogP contribution in [0, 0.1) is 13.8 Å². The lowest BCUT2D eigenvalue weighted by molar-refractivity contribution is 0.0827. The zero-order valence-electron chi connectivity index (χ0n) is 16.5. The minimum absolute atomic E-state index is 0.0284. The fourth-order valence-electron chi connectivity index (χ4n) is 2.41. The molecular formula is C21H27N3O2S. The van der Waals surface area contributed by atoms with E-state index < -0.39 is 0 Å². The summed E-state index contributed by atoms with van der Waals surface area (Å²) >= 11 is 5.35. The van der Waals surface area contributed by atoms with Gasteiger partial charge in [0.15, 0.2) is 5.11 Å². The van der Waals surface area contributed by atoms with Crippen LogP contribution >= 0.6 is 12.2 Å². The third kappa shape index (κ3) is 6.25. The molecule has 0 saturated heterocycles. The van der Waals surface area contributed by atoms with Gasteiger partial charge in [-0.15, -0.1) is 0 Å². The van der Waals surface area contributed by atoms with Crippen molar-refractivity contribution in [3.8, 4) is 5.75 Å². The fourth-order valence-corrected chi connectivity index (χ4v) is 2.73. The molecule has 2 N–H and O–H groups in total. The smallest absolute Gasteiger partial charge is 0.253 e. The van der Waals surface area contributed by atoms with E-state index in [1.165, 1.54) is 11.1 Å². The minimum Gasteiger partial charge on any atom is -0.491 e. The van der Waals surface area contributed by atoms with Gasteiger partial charge in [0.1, 0.15) is 12.4 Å². The summed E-state index contributed by atoms with van der Waals surface area (Å²) in [5, 5.41) is 6.84. The monoisotopic (exact) mass is 385 g/mol. The van der Waals surface area contributed by atoms with Crippen molar-refractivity contribution in [2.24, 2.45) is 0 Å². The van der Waals surface area contributed by atoms with Crippen molar-refractivity contribution in [1.82, 2.24) is 10.2 Å². The summed E-state index contributed by atoms with van der Waals surface area (Å²) in [7, 11) is 3.46. The molecule has 6 heteroatoms. The Hall–Kier alpha value is -2.60. The van der Waals surface area contributed by atoms with Gasteiger partial charge in [-0.05, 0) is 80.5 Å². The van der Waals surface area contributed by atoms with Gasteiger partial charge in [0, 0.05) is 25.3 Å². The maximum Gasteiger partial charge on any atom is 0.253 e. The number of hydrogen-bond donors (Lipinski definition) is 2. The molecule has 1 unspecified atom stereocenters. The van der Waals surface area contributed by atoms with Crippen LogP contribution in [0.5, 0.6) is 5.75 Å². The van der Waals surface area contributed by atoms with Crippen LogP contribution in [0.2, 0.25) is 0 Å². The third-order valence-corrected chi connectivity index (χ3v) is 4.37. The molecule has 0 aliphatic heterocycles. The van der Waals surface area contributed by atoms with Gasteiger partial charge < -0.3 is 20.3 Å². The molecule has 0 aliphatic rings. The Kier molecular flexibility index (Phi) is 7.19. The number of amides is 1. The van der Waals surface area contributed by atoms with E-state index in [1.54, 1.807) is 31.1 Å². The molecule has 0 spiro atoms. The summed E-state index contributed by atoms with van der Waals surface area (Å²) in [4.78, 5) is 13.5. The van der Waals surface area contributed by atoms with E-state index in [2.05, 4.69) is 30.5 Å². The molecule has 0 aliphatic carbocycles. The molecule has 0 heterocycles. The number of ether oxygens (including phenoxy) is 1. The number of carbonyl (C=O) groups excluding carboxylic acids is 1. The number of aryl methyl sites for hydroxylation is 2. The highest BCUT2D eigenvalue weighted by Crippen LogP contribution is 2.16. The first kappa shape index (κ1) is 20.7. The van der Waals surface area contributed by atoms with Gasteiger partial charge in [-0.25, -0.2) is 0 Å². The van der Waals surface area contributed by atoms with Gasteiger partial charge in [0.2, 0.25) is 0 Å². The molecule has 27 heavy (non-hydrogen) atoms. The van der Waals surface area contributed by atoms with E-state index in [0.717, 1.165) is 11.4 Å². The molecule has 0 saturated carbocycles. The Labute approximate surface area is 166 Å². The number of nitrogens with zero attached hydrogens (tertiary/aromatic N) is 1. The standard InChI is InChI=1S/C21H27N3O2S/c1-14-6-11-19(12-15(14)2)26-13-16(3)22-21(27)23-18-9-7-17(8-10-18)20(25)24(4)5/h6-12,16H,13H2,1-5H3,(H2,22,23,27). The first-order chi connectivity index (χ1) is 12.8. The van der Waals surface area contributed by atoms with Gasteiger partial charge in [-0.2, -0.15) is 0 Å². The van der Waals surface area contributed by atoms with Crippen molar-refractivity contribution in [2.75, 3.05) is 26.0 Å². The normalized spacial score (nSPS) is 11.4. The van der Waals surface area contributed by atoms with Crippen molar-refractivity contribution in [1.29, 1.82) is 0 Å². The molecular weight excluding hydrogens is 358 g/mol. The van der Waals surface area contributed by atoms with Gasteiger partial charge in [-0.1, -0.05) is 6.07 Å². The average Bonchev–Trinajstić information content (AvgIpc) is 2.62. The first-order valence-corrected chi connectivity index (χ1v) is 9.26. The molecule has 0 fully saturated rings. The highest BCUT2D eigenvalue weighted by molar-refractivity contribution is 7.80. The number of nitrogens with one attached hydrogen (secondary N) is 2. The van der Waals surface area contributed by atoms with E-state index in [0.29, 0.717) is 17.3 Å². The zero-order valence-corrected chi connectivity index (χ0v) is 17.3. The van der Waals surface area contributed by atoms with Crippen molar-refractivity contribution in [2.45, 2.75) is 26.8 Å². The summed E-state index contributed by atoms with van der Waals surface area (Å²) in [6.07, 6.45) is 0. The van der Waals surface area contributed by atoms with Crippen LogP contribution in [0.15, 0.2) is 42.5 Å². The van der Waals surface area contributed by atoms with Crippen molar-refractivity contribution >= 4 is 28.9 Å². The van der Waals surface area contributed by atoms with Crippen LogP contribution in [-0.4, -0.2) is 42.7 Å². The average molecular weight is 386 g/mol. The highest BCUT2D eigenvalue weighted by Gasteiger charge is 2.09. The lowest BCUT2D eigenvalue weighted by atomic mass is 10.1. The Morgan fingerprint density at radius 2 is 1.78 bits per heavy atom. The van der Waals surface area contributed by atoms with Crippen molar-refractivity contribution in [3.63, 3.8) is 0 Å². The molecule has 2 rings (SSSR count). The second kappa shape index (κ2) is 9.37. The Morgan fingerprint density at radius 1 is 1.11 bits per heavy atom. The van der Waals surface area contributed by atoms with E-state index in [-0.39, 0.29) is 11.9 Å². The Morgan fingerprint density at radius 3 is 2.37 bits per heavy atom. The maximum absolute atomic E-state index is 11.9. The molecule has 2 aromatic rings. The second-order valence-corrected chi connectivity index (χ2v) is 7.24. The van der Waals surface area contributed by atoms with Gasteiger partial charge in [-0.3, -0.25) is 4.79 Å². The number of benzene rings is 2. The minimum atomic E-state index is -0.0284. The second-order valence-electron chi connectivity index (χ2n) is 6.83. The lowest BCUT2D eigenvalue weighted by Gasteiger charge is -2.18. The van der Waals surface area contributed by atoms with Gasteiger partial charge in [0.05, 0.1) is 6.04 Å². The maximum atomic E-state index is 11.9. The van der Waals surface area contributed by atoms with Crippen LogP contribution in [0.25, 0.3) is 0 Å². The van der Waals surface area contributed by atoms with Crippen molar-refractivity contribution in [3.05, 3.63) is 59.2 Å². The SMILES string of the molecule is Cc1ccc(OCC(C)NC(=S)Nc2ccc(C(=O)N(C)C)cc2)cc1C. The summed E-state index contributed by atoms with van der Waals surface area (Å²) in [6, 6.07) is 13.3. The molecule has 0 bridgehead atoms. The van der Waals surface area contributed by atoms with Crippen LogP contribution in [-0.2, 0) is 0 Å². The van der Waals surface area contributed by atoms with Crippen LogP contribution in [0.3, 0.4) is 0 Å². The van der Waals surface area contributed by atoms with Crippen LogP contribution in [0.1, 0.15) is 28.4 Å². The van der Waals surface area contributed by atoms with Crippen molar-refractivity contribution < 1.29 is 9.53 Å². The number of anilines is 1. The van der Waals surface area contributed by atoms with E-state index in [1.807, 2.05) is 31.2 Å². The lowest BCUT2D eigenvalue weighted by Crippen LogP contribution is -2.39. The van der Waals surface area contributed by atoms with E-state index >= 15 is 0 Å². The molecule has 144 valence electrons. The van der Waals surface area contributed by atoms with Crippen LogP contribution in [0.4, 0.5) is 5.69 Å². The van der Waals surface area contributed by atoms with Gasteiger partial charge in [0.25, 0.3) is 5.91 Å². The number of rotatable bonds is 6. The fraction of sp³-hybridized carbons (Fsp3) is 0.333. The molecule has 5 nitrogen and oxygen atoms in total. The summed E-state index contributed by atoms with van der Waals surface area (Å²) in [5.74, 6) is 0.825. The number of carbonyl (C=O) groups is 1.